The molecule has 0 radical (unpaired) electrons. The summed E-state index contributed by atoms with van der Waals surface area (Å²) >= 11 is 0. The molecule has 1 aromatic rings. The van der Waals surface area contributed by atoms with Crippen molar-refractivity contribution in [2.24, 2.45) is 22.4 Å². The number of aliphatic hydroxyl groups is 2. The van der Waals surface area contributed by atoms with Crippen LogP contribution < -0.4 is 16.8 Å². The van der Waals surface area contributed by atoms with E-state index < -0.39 is 30.5 Å². The highest BCUT2D eigenvalue weighted by atomic mass is 16.5. The Labute approximate surface area is 119 Å². The van der Waals surface area contributed by atoms with Gasteiger partial charge >= 0.3 is 0 Å². The monoisotopic (exact) mass is 293 g/mol. The van der Waals surface area contributed by atoms with Gasteiger partial charge in [0.2, 0.25) is 0 Å². The van der Waals surface area contributed by atoms with Gasteiger partial charge in [0.05, 0.1) is 19.0 Å². The third kappa shape index (κ3) is 2.03. The Morgan fingerprint density at radius 2 is 2.33 bits per heavy atom. The molecule has 5 unspecified atom stereocenters. The van der Waals surface area contributed by atoms with E-state index in [1.807, 2.05) is 6.07 Å². The zero-order valence-corrected chi connectivity index (χ0v) is 10.9. The van der Waals surface area contributed by atoms with E-state index in [-0.39, 0.29) is 12.6 Å². The highest BCUT2D eigenvalue weighted by Gasteiger charge is 2.45. The van der Waals surface area contributed by atoms with Gasteiger partial charge in [0, 0.05) is 0 Å². The van der Waals surface area contributed by atoms with E-state index in [0.717, 1.165) is 0 Å². The van der Waals surface area contributed by atoms with Crippen LogP contribution in [0.4, 0.5) is 5.82 Å². The van der Waals surface area contributed by atoms with Crippen LogP contribution >= 0.6 is 0 Å². The largest absolute Gasteiger partial charge is 0.394 e. The number of aromatic nitrogens is 2. The van der Waals surface area contributed by atoms with Crippen LogP contribution in [0.2, 0.25) is 0 Å². The summed E-state index contributed by atoms with van der Waals surface area (Å²) in [7, 11) is 0. The van der Waals surface area contributed by atoms with Crippen LogP contribution in [0.1, 0.15) is 18.1 Å². The molecule has 21 heavy (non-hydrogen) atoms. The van der Waals surface area contributed by atoms with Gasteiger partial charge in [-0.05, 0) is 0 Å². The number of hydrogen-bond acceptors (Lipinski definition) is 9. The second kappa shape index (κ2) is 4.97. The van der Waals surface area contributed by atoms with Crippen LogP contribution in [0.5, 0.6) is 0 Å². The van der Waals surface area contributed by atoms with Crippen molar-refractivity contribution < 1.29 is 14.9 Å². The molecule has 112 valence electrons. The number of nitrogens with one attached hydrogen (secondary N) is 1. The zero-order valence-electron chi connectivity index (χ0n) is 10.9. The number of rotatable bonds is 2. The second-order valence-electron chi connectivity index (χ2n) is 4.86. The fraction of sp³-hybridized carbons (Fsp3) is 0.545. The quantitative estimate of drug-likeness (QED) is 0.416. The molecule has 10 heteroatoms. The van der Waals surface area contributed by atoms with Crippen molar-refractivity contribution in [1.82, 2.24) is 9.55 Å². The van der Waals surface area contributed by atoms with Crippen molar-refractivity contribution in [3.63, 3.8) is 0 Å². The summed E-state index contributed by atoms with van der Waals surface area (Å²) in [6.07, 6.45) is -1.99. The Hall–Kier alpha value is -2.19. The van der Waals surface area contributed by atoms with Gasteiger partial charge in [0.1, 0.15) is 35.8 Å². The summed E-state index contributed by atoms with van der Waals surface area (Å²) < 4.78 is 7.08. The van der Waals surface area contributed by atoms with E-state index in [0.29, 0.717) is 11.5 Å². The molecule has 3 heterocycles. The lowest BCUT2D eigenvalue weighted by Crippen LogP contribution is -2.32. The minimum atomic E-state index is -1.09. The summed E-state index contributed by atoms with van der Waals surface area (Å²) in [6, 6.07) is 1.99. The van der Waals surface area contributed by atoms with Crippen molar-refractivity contribution >= 4 is 11.8 Å². The van der Waals surface area contributed by atoms with E-state index in [4.69, 9.17) is 16.2 Å². The maximum Gasteiger partial charge on any atom is 0.196 e. The number of imidazole rings is 1. The smallest absolute Gasteiger partial charge is 0.196 e. The lowest BCUT2D eigenvalue weighted by molar-refractivity contribution is -0.0446. The standard InChI is InChI=1S/C11H15N7O3/c12-1-4-7(20)5(2-19)21-10(4)18-3-15-6-8(13)16-11(14)17-9(6)18/h3-5,7-8,10,19-20H,2,13H2,(H3,14,16,17). The van der Waals surface area contributed by atoms with Gasteiger partial charge in [-0.25, -0.2) is 9.98 Å². The van der Waals surface area contributed by atoms with E-state index >= 15 is 0 Å². The molecular formula is C11H15N7O3. The minimum Gasteiger partial charge on any atom is -0.394 e. The molecule has 2 aliphatic heterocycles. The topological polar surface area (TPSA) is 168 Å². The average molecular weight is 293 g/mol. The number of anilines is 1. The predicted molar refractivity (Wildman–Crippen MR) is 70.5 cm³/mol. The van der Waals surface area contributed by atoms with Gasteiger partial charge in [-0.3, -0.25) is 4.57 Å². The molecule has 0 saturated carbocycles. The van der Waals surface area contributed by atoms with Gasteiger partial charge in [-0.15, -0.1) is 0 Å². The fourth-order valence-corrected chi connectivity index (χ4v) is 2.55. The van der Waals surface area contributed by atoms with Crippen LogP contribution in [-0.4, -0.2) is 44.5 Å². The van der Waals surface area contributed by atoms with Crippen molar-refractivity contribution in [2.45, 2.75) is 24.6 Å². The Morgan fingerprint density at radius 3 is 3.00 bits per heavy atom. The first-order valence-corrected chi connectivity index (χ1v) is 6.33. The van der Waals surface area contributed by atoms with Crippen molar-refractivity contribution in [1.29, 1.82) is 5.26 Å². The van der Waals surface area contributed by atoms with Crippen LogP contribution in [-0.2, 0) is 4.74 Å². The molecular weight excluding hydrogens is 278 g/mol. The molecule has 7 N–H and O–H groups in total. The third-order valence-corrected chi connectivity index (χ3v) is 3.60. The first-order chi connectivity index (χ1) is 10.1. The van der Waals surface area contributed by atoms with Crippen molar-refractivity contribution in [2.75, 3.05) is 11.9 Å². The number of nitrogens with two attached hydrogens (primary N) is 2. The Kier molecular flexibility index (Phi) is 3.26. The molecule has 0 aliphatic carbocycles. The number of aliphatic hydroxyl groups excluding tert-OH is 2. The number of nitrogens with zero attached hydrogens (tertiary/aromatic N) is 4. The van der Waals surface area contributed by atoms with Gasteiger partial charge in [0.25, 0.3) is 0 Å². The molecule has 0 bridgehead atoms. The molecule has 1 fully saturated rings. The highest BCUT2D eigenvalue weighted by molar-refractivity contribution is 5.93. The summed E-state index contributed by atoms with van der Waals surface area (Å²) in [5.41, 5.74) is 11.9. The van der Waals surface area contributed by atoms with Crippen LogP contribution in [0.15, 0.2) is 11.3 Å². The lowest BCUT2D eigenvalue weighted by atomic mass is 10.0. The van der Waals surface area contributed by atoms with Gasteiger partial charge < -0.3 is 31.7 Å². The number of ether oxygens (including phenoxy) is 1. The van der Waals surface area contributed by atoms with Crippen LogP contribution in [0, 0.1) is 17.2 Å². The number of hydrogen-bond donors (Lipinski definition) is 5. The molecule has 0 spiro atoms. The second-order valence-corrected chi connectivity index (χ2v) is 4.86. The molecule has 5 atom stereocenters. The third-order valence-electron chi connectivity index (χ3n) is 3.60. The number of guanidine groups is 1. The maximum atomic E-state index is 9.99. The Balaban J connectivity index is 1.98. The summed E-state index contributed by atoms with van der Waals surface area (Å²) in [4.78, 5) is 8.08. The first-order valence-electron chi connectivity index (χ1n) is 6.33. The van der Waals surface area contributed by atoms with Gasteiger partial charge in [-0.1, -0.05) is 0 Å². The van der Waals surface area contributed by atoms with Gasteiger partial charge in [0.15, 0.2) is 12.2 Å². The van der Waals surface area contributed by atoms with Gasteiger partial charge in [-0.2, -0.15) is 5.26 Å². The molecule has 0 amide bonds. The molecule has 10 nitrogen and oxygen atoms in total. The normalized spacial score (nSPS) is 34.8. The lowest BCUT2D eigenvalue weighted by Gasteiger charge is -2.22. The molecule has 3 rings (SSSR count). The summed E-state index contributed by atoms with van der Waals surface area (Å²) in [6.45, 7) is -0.386. The van der Waals surface area contributed by atoms with Crippen LogP contribution in [0.3, 0.4) is 0 Å². The summed E-state index contributed by atoms with van der Waals surface area (Å²) in [5.74, 6) is -0.257. The van der Waals surface area contributed by atoms with Crippen LogP contribution in [0.25, 0.3) is 0 Å². The molecule has 1 saturated heterocycles. The Morgan fingerprint density at radius 1 is 1.57 bits per heavy atom. The van der Waals surface area contributed by atoms with E-state index in [1.165, 1.54) is 10.9 Å². The maximum absolute atomic E-state index is 9.99. The average Bonchev–Trinajstić information content (AvgIpc) is 2.99. The van der Waals surface area contributed by atoms with E-state index in [1.54, 1.807) is 0 Å². The number of fused-ring (bicyclic) bond motifs is 1. The molecule has 2 aliphatic rings. The highest BCUT2D eigenvalue weighted by Crippen LogP contribution is 2.38. The number of nitriles is 1. The van der Waals surface area contributed by atoms with Crippen molar-refractivity contribution in [3.8, 4) is 6.07 Å². The van der Waals surface area contributed by atoms with Crippen molar-refractivity contribution in [3.05, 3.63) is 12.0 Å². The first kappa shape index (κ1) is 13.8. The van der Waals surface area contributed by atoms with E-state index in [2.05, 4.69) is 15.3 Å². The van der Waals surface area contributed by atoms with E-state index in [9.17, 15) is 15.5 Å². The molecule has 0 aromatic carbocycles. The molecule has 1 aromatic heterocycles. The zero-order chi connectivity index (χ0) is 15.1. The number of aliphatic imine (C=N–C) groups is 1. The predicted octanol–water partition coefficient (Wildman–Crippen LogP) is -2.03. The SMILES string of the molecule is N#CC1C(O)C(CO)OC1n1cnc2c1NC(N)=NC2N. The Bertz CT molecular complexity index is 622. The fourth-order valence-electron chi connectivity index (χ4n) is 2.55. The summed E-state index contributed by atoms with van der Waals surface area (Å²) in [5, 5.41) is 31.2. The minimum absolute atomic E-state index is 0.127.